The highest BCUT2D eigenvalue weighted by molar-refractivity contribution is 6.35. The Kier molecular flexibility index (Phi) is 15.1. The molecule has 1 radical (unpaired) electrons. The molecule has 227 valence electrons. The summed E-state index contributed by atoms with van der Waals surface area (Å²) in [5, 5.41) is 0. The quantitative estimate of drug-likeness (QED) is 0.146. The minimum absolute atomic E-state index is 0.00935. The van der Waals surface area contributed by atoms with Crippen molar-refractivity contribution in [1.82, 2.24) is 0 Å². The van der Waals surface area contributed by atoms with Crippen LogP contribution in [0.3, 0.4) is 0 Å². The summed E-state index contributed by atoms with van der Waals surface area (Å²) in [6, 6.07) is 0. The first-order valence-corrected chi connectivity index (χ1v) is 15.7. The second-order valence-corrected chi connectivity index (χ2v) is 13.6. The lowest BCUT2D eigenvalue weighted by molar-refractivity contribution is -0.177. The zero-order valence-electron chi connectivity index (χ0n) is 28.2. The summed E-state index contributed by atoms with van der Waals surface area (Å²) in [5.41, 5.74) is 11.3. The van der Waals surface area contributed by atoms with Gasteiger partial charge in [0.15, 0.2) is 0 Å². The van der Waals surface area contributed by atoms with Crippen LogP contribution in [0.1, 0.15) is 142 Å². The van der Waals surface area contributed by atoms with Gasteiger partial charge in [0.1, 0.15) is 0 Å². The van der Waals surface area contributed by atoms with Crippen molar-refractivity contribution in [3.05, 3.63) is 0 Å². The molecular formula is C32H68BN2O3. The third kappa shape index (κ3) is 8.68. The summed E-state index contributed by atoms with van der Waals surface area (Å²) < 4.78 is 20.0. The molecule has 0 aromatic heterocycles. The third-order valence-electron chi connectivity index (χ3n) is 11.8. The molecule has 8 unspecified atom stereocenters. The van der Waals surface area contributed by atoms with E-state index in [0.717, 1.165) is 44.9 Å². The fraction of sp³-hybridized carbons (Fsp3) is 1.00. The highest BCUT2D eigenvalue weighted by Gasteiger charge is 2.49. The molecule has 38 heavy (non-hydrogen) atoms. The van der Waals surface area contributed by atoms with Gasteiger partial charge in [0.2, 0.25) is 7.41 Å². The van der Waals surface area contributed by atoms with Gasteiger partial charge in [-0.1, -0.05) is 69.2 Å². The van der Waals surface area contributed by atoms with E-state index < -0.39 is 5.50 Å². The van der Waals surface area contributed by atoms with Gasteiger partial charge in [0.05, 0.1) is 23.3 Å². The first-order valence-electron chi connectivity index (χ1n) is 15.7. The summed E-state index contributed by atoms with van der Waals surface area (Å²) in [4.78, 5) is 0. The van der Waals surface area contributed by atoms with Crippen LogP contribution in [0, 0.1) is 22.7 Å². The van der Waals surface area contributed by atoms with Crippen molar-refractivity contribution >= 4 is 7.41 Å². The Morgan fingerprint density at radius 2 is 1.16 bits per heavy atom. The van der Waals surface area contributed by atoms with Crippen molar-refractivity contribution in [3.63, 3.8) is 0 Å². The second kappa shape index (κ2) is 15.2. The largest absolute Gasteiger partial charge is 0.382 e. The van der Waals surface area contributed by atoms with E-state index in [-0.39, 0.29) is 27.6 Å². The maximum atomic E-state index is 6.91. The summed E-state index contributed by atoms with van der Waals surface area (Å²) >= 11 is 0. The monoisotopic (exact) mass is 540 g/mol. The summed E-state index contributed by atoms with van der Waals surface area (Å²) in [6.45, 7) is 33.4. The Labute approximate surface area is 239 Å². The van der Waals surface area contributed by atoms with Crippen LogP contribution in [0.4, 0.5) is 0 Å². The van der Waals surface area contributed by atoms with Crippen LogP contribution in [0.2, 0.25) is 0 Å². The van der Waals surface area contributed by atoms with Crippen LogP contribution >= 0.6 is 0 Å². The average Bonchev–Trinajstić information content (AvgIpc) is 2.92. The van der Waals surface area contributed by atoms with Gasteiger partial charge in [-0.25, -0.2) is 0 Å². The zero-order chi connectivity index (χ0) is 30.1. The van der Waals surface area contributed by atoms with Crippen LogP contribution in [-0.4, -0.2) is 49.5 Å². The summed E-state index contributed by atoms with van der Waals surface area (Å²) in [6.07, 6.45) is 6.71. The van der Waals surface area contributed by atoms with E-state index >= 15 is 0 Å². The van der Waals surface area contributed by atoms with Crippen molar-refractivity contribution in [2.24, 2.45) is 34.0 Å². The Morgan fingerprint density at radius 3 is 1.55 bits per heavy atom. The molecule has 0 heterocycles. The van der Waals surface area contributed by atoms with E-state index in [0.29, 0.717) is 31.7 Å². The predicted molar refractivity (Wildman–Crippen MR) is 167 cm³/mol. The van der Waals surface area contributed by atoms with Gasteiger partial charge >= 0.3 is 0 Å². The molecule has 0 bridgehead atoms. The van der Waals surface area contributed by atoms with Gasteiger partial charge in [-0.15, -0.1) is 0 Å². The van der Waals surface area contributed by atoms with Gasteiger partial charge in [-0.05, 0) is 89.9 Å². The third-order valence-corrected chi connectivity index (χ3v) is 11.8. The molecule has 0 aliphatic heterocycles. The smallest absolute Gasteiger partial charge is 0.242 e. The molecule has 0 fully saturated rings. The predicted octanol–water partition coefficient (Wildman–Crippen LogP) is 7.70. The maximum absolute atomic E-state index is 6.91. The number of nitrogens with two attached hydrogens (primary N) is 2. The van der Waals surface area contributed by atoms with Crippen LogP contribution in [-0.2, 0) is 14.2 Å². The maximum Gasteiger partial charge on any atom is 0.242 e. The van der Waals surface area contributed by atoms with E-state index in [2.05, 4.69) is 96.9 Å². The SMILES string of the molecule is CCC(C)([B]N)OCC(C)C(C)(CC)C(C)(CC)OCCC(C)(CC)C(C)(CC)OCC(C)C(C)(N)CC. The van der Waals surface area contributed by atoms with Crippen molar-refractivity contribution in [1.29, 1.82) is 0 Å². The molecule has 0 spiro atoms. The molecule has 8 atom stereocenters. The normalized spacial score (nSPS) is 23.6. The lowest BCUT2D eigenvalue weighted by Crippen LogP contribution is -2.53. The van der Waals surface area contributed by atoms with Crippen molar-refractivity contribution in [3.8, 4) is 0 Å². The molecule has 0 rings (SSSR count). The van der Waals surface area contributed by atoms with Crippen molar-refractivity contribution < 1.29 is 14.2 Å². The van der Waals surface area contributed by atoms with E-state index in [1.54, 1.807) is 7.41 Å². The van der Waals surface area contributed by atoms with E-state index in [1.807, 2.05) is 0 Å². The van der Waals surface area contributed by atoms with E-state index in [1.165, 1.54) is 0 Å². The minimum atomic E-state index is -0.393. The molecular weight excluding hydrogens is 471 g/mol. The number of rotatable bonds is 21. The highest BCUT2D eigenvalue weighted by Crippen LogP contribution is 2.48. The van der Waals surface area contributed by atoms with Gasteiger partial charge in [0.25, 0.3) is 0 Å². The first-order chi connectivity index (χ1) is 17.4. The molecule has 0 aromatic carbocycles. The van der Waals surface area contributed by atoms with Crippen LogP contribution < -0.4 is 11.4 Å². The molecule has 0 saturated heterocycles. The minimum Gasteiger partial charge on any atom is -0.382 e. The van der Waals surface area contributed by atoms with E-state index in [4.69, 9.17) is 25.6 Å². The van der Waals surface area contributed by atoms with Crippen molar-refractivity contribution in [2.45, 2.75) is 164 Å². The molecule has 4 N–H and O–H groups in total. The topological polar surface area (TPSA) is 79.7 Å². The number of hydrogen-bond acceptors (Lipinski definition) is 5. The number of ether oxygens (including phenoxy) is 3. The highest BCUT2D eigenvalue weighted by atomic mass is 16.5. The lowest BCUT2D eigenvalue weighted by atomic mass is 9.63. The van der Waals surface area contributed by atoms with Gasteiger partial charge < -0.3 is 25.6 Å². The first kappa shape index (κ1) is 37.9. The standard InChI is InChI=1S/C32H68BN2O3/c1-15-27(9,30(12,18-4)37-24-26(8)29(11,34)17-3)21-22-36-31(13,19-5)28(10,16-2)25(7)23-38-32(14,20-6)33-35/h25-26H,15-24,34-35H2,1-14H3. The van der Waals surface area contributed by atoms with Gasteiger partial charge in [-0.2, -0.15) is 0 Å². The molecule has 0 amide bonds. The van der Waals surface area contributed by atoms with E-state index in [9.17, 15) is 0 Å². The molecule has 0 aliphatic carbocycles. The van der Waals surface area contributed by atoms with Crippen molar-refractivity contribution in [2.75, 3.05) is 19.8 Å². The Balaban J connectivity index is 5.65. The second-order valence-electron chi connectivity index (χ2n) is 13.6. The molecule has 0 aromatic rings. The molecule has 6 heteroatoms. The molecule has 5 nitrogen and oxygen atoms in total. The fourth-order valence-corrected chi connectivity index (χ4v) is 5.55. The Hall–Kier alpha value is -0.135. The lowest BCUT2D eigenvalue weighted by Gasteiger charge is -2.51. The average molecular weight is 540 g/mol. The number of hydrogen-bond donors (Lipinski definition) is 2. The van der Waals surface area contributed by atoms with Crippen LogP contribution in [0.25, 0.3) is 0 Å². The van der Waals surface area contributed by atoms with Crippen LogP contribution in [0.15, 0.2) is 0 Å². The summed E-state index contributed by atoms with van der Waals surface area (Å²) in [5.74, 6) is 0.607. The summed E-state index contributed by atoms with van der Waals surface area (Å²) in [7, 11) is 1.69. The Morgan fingerprint density at radius 1 is 0.632 bits per heavy atom. The van der Waals surface area contributed by atoms with Gasteiger partial charge in [0, 0.05) is 24.2 Å². The van der Waals surface area contributed by atoms with Crippen LogP contribution in [0.5, 0.6) is 0 Å². The zero-order valence-corrected chi connectivity index (χ0v) is 28.2. The van der Waals surface area contributed by atoms with Gasteiger partial charge in [-0.3, -0.25) is 0 Å². The Bertz CT molecular complexity index is 673. The molecule has 0 aliphatic rings. The molecule has 0 saturated carbocycles. The fourth-order valence-electron chi connectivity index (χ4n) is 5.55.